The molecule has 3 saturated carbocycles. The zero-order valence-electron chi connectivity index (χ0n) is 17.5. The average Bonchev–Trinajstić information content (AvgIpc) is 3.17. The first kappa shape index (κ1) is 18.9. The van der Waals surface area contributed by atoms with Gasteiger partial charge in [-0.15, -0.1) is 0 Å². The summed E-state index contributed by atoms with van der Waals surface area (Å²) in [5.74, 6) is 0.826. The van der Waals surface area contributed by atoms with Gasteiger partial charge in [0.25, 0.3) is 11.8 Å². The number of carbonyl (C=O) groups excluding carboxylic acids is 2. The fourth-order valence-electron chi connectivity index (χ4n) is 7.08. The van der Waals surface area contributed by atoms with E-state index in [9.17, 15) is 14.0 Å². The monoisotopic (exact) mass is 420 g/mol. The van der Waals surface area contributed by atoms with Crippen LogP contribution < -0.4 is 5.32 Å². The molecule has 1 N–H and O–H groups in total. The molecule has 3 fully saturated rings. The molecule has 160 valence electrons. The van der Waals surface area contributed by atoms with Gasteiger partial charge in [-0.05, 0) is 81.0 Å². The lowest BCUT2D eigenvalue weighted by Gasteiger charge is -2.56. The maximum absolute atomic E-state index is 13.1. The third-order valence-electron chi connectivity index (χ3n) is 8.22. The van der Waals surface area contributed by atoms with E-state index in [4.69, 9.17) is 0 Å². The van der Waals surface area contributed by atoms with Crippen molar-refractivity contribution in [2.75, 3.05) is 0 Å². The Bertz CT molecular complexity index is 1080. The van der Waals surface area contributed by atoms with E-state index in [1.807, 2.05) is 17.0 Å². The Labute approximate surface area is 180 Å². The van der Waals surface area contributed by atoms with Gasteiger partial charge in [0.1, 0.15) is 11.5 Å². The Hall–Kier alpha value is -2.83. The van der Waals surface area contributed by atoms with Crippen LogP contribution in [0, 0.1) is 23.6 Å². The first-order valence-electron chi connectivity index (χ1n) is 11.1. The highest BCUT2D eigenvalue weighted by molar-refractivity contribution is 5.98. The molecular weight excluding hydrogens is 395 g/mol. The molecule has 2 aromatic heterocycles. The summed E-state index contributed by atoms with van der Waals surface area (Å²) in [6.07, 6.45) is 7.70. The van der Waals surface area contributed by atoms with Crippen LogP contribution in [0.4, 0.5) is 4.39 Å². The van der Waals surface area contributed by atoms with E-state index < -0.39 is 5.82 Å². The summed E-state index contributed by atoms with van der Waals surface area (Å²) in [6.45, 7) is 2.83. The number of hydrogen-bond acceptors (Lipinski definition) is 4. The highest BCUT2D eigenvalue weighted by Crippen LogP contribution is 2.63. The van der Waals surface area contributed by atoms with Crippen molar-refractivity contribution in [2.45, 2.75) is 56.7 Å². The van der Waals surface area contributed by atoms with Gasteiger partial charge in [-0.3, -0.25) is 14.6 Å². The van der Waals surface area contributed by atoms with Gasteiger partial charge in [0, 0.05) is 17.3 Å². The summed E-state index contributed by atoms with van der Waals surface area (Å²) in [5.41, 5.74) is 1.52. The van der Waals surface area contributed by atoms with E-state index in [1.165, 1.54) is 12.1 Å². The van der Waals surface area contributed by atoms with E-state index in [0.29, 0.717) is 24.3 Å². The normalized spacial score (nSPS) is 35.4. The Morgan fingerprint density at radius 2 is 2.06 bits per heavy atom. The van der Waals surface area contributed by atoms with Crippen LogP contribution >= 0.6 is 0 Å². The van der Waals surface area contributed by atoms with Crippen molar-refractivity contribution in [1.82, 2.24) is 20.2 Å². The number of carbonyl (C=O) groups is 2. The van der Waals surface area contributed by atoms with Crippen LogP contribution in [0.5, 0.6) is 0 Å². The number of nitrogens with zero attached hydrogens (tertiary/aromatic N) is 3. The largest absolute Gasteiger partial charge is 0.345 e. The minimum atomic E-state index is -0.445. The molecule has 5 unspecified atom stereocenters. The predicted molar refractivity (Wildman–Crippen MR) is 110 cm³/mol. The first-order chi connectivity index (χ1) is 14.9. The van der Waals surface area contributed by atoms with Gasteiger partial charge in [-0.25, -0.2) is 9.37 Å². The van der Waals surface area contributed by atoms with Crippen molar-refractivity contribution in [3.05, 3.63) is 59.4 Å². The van der Waals surface area contributed by atoms with Crippen LogP contribution in [-0.4, -0.2) is 37.8 Å². The molecule has 0 aromatic carbocycles. The highest BCUT2D eigenvalue weighted by Gasteiger charge is 2.64. The standard InChI is InChI=1S/C24H25FN4O2/c1-23(29-13-20-17(22(29)31)3-2-6-26-20)8-14-7-18-15(10-23)11-24(18,9-14)28-21(30)19-5-4-16(25)12-27-19/h2-6,12,14-15,18H,7-11,13H2,1H3,(H,28,30). The van der Waals surface area contributed by atoms with Crippen LogP contribution in [0.1, 0.15) is 65.6 Å². The fourth-order valence-corrected chi connectivity index (χ4v) is 7.08. The molecule has 1 aliphatic heterocycles. The van der Waals surface area contributed by atoms with Gasteiger partial charge in [0.2, 0.25) is 0 Å². The van der Waals surface area contributed by atoms with Crippen LogP contribution in [-0.2, 0) is 6.54 Å². The molecule has 4 aliphatic rings. The average molecular weight is 420 g/mol. The summed E-state index contributed by atoms with van der Waals surface area (Å²) in [6, 6.07) is 6.42. The van der Waals surface area contributed by atoms with Crippen molar-refractivity contribution in [3.63, 3.8) is 0 Å². The van der Waals surface area contributed by atoms with E-state index in [0.717, 1.165) is 49.6 Å². The zero-order valence-corrected chi connectivity index (χ0v) is 17.5. The third kappa shape index (κ3) is 2.75. The Balaban J connectivity index is 1.20. The Kier molecular flexibility index (Phi) is 3.87. The molecule has 0 spiro atoms. The maximum atomic E-state index is 13.1. The van der Waals surface area contributed by atoms with Crippen molar-refractivity contribution in [2.24, 2.45) is 17.8 Å². The molecule has 5 atom stereocenters. The summed E-state index contributed by atoms with van der Waals surface area (Å²) in [5, 5.41) is 3.26. The molecule has 6 nitrogen and oxygen atoms in total. The van der Waals surface area contributed by atoms with Crippen molar-refractivity contribution < 1.29 is 14.0 Å². The van der Waals surface area contributed by atoms with Crippen molar-refractivity contribution in [1.29, 1.82) is 0 Å². The van der Waals surface area contributed by atoms with Gasteiger partial charge in [-0.2, -0.15) is 0 Å². The SMILES string of the molecule is CC1(N2Cc3ncccc3C2=O)CC2CC3C(CC3(NC(=O)c3ccc(F)cn3)C2)C1. The quantitative estimate of drug-likeness (QED) is 0.827. The number of nitrogens with one attached hydrogen (secondary N) is 1. The predicted octanol–water partition coefficient (Wildman–Crippen LogP) is 3.34. The zero-order chi connectivity index (χ0) is 21.4. The number of amides is 2. The van der Waals surface area contributed by atoms with Gasteiger partial charge < -0.3 is 10.2 Å². The Morgan fingerprint density at radius 3 is 2.84 bits per heavy atom. The second kappa shape index (κ2) is 6.34. The minimum absolute atomic E-state index is 0.102. The van der Waals surface area contributed by atoms with Crippen LogP contribution in [0.25, 0.3) is 0 Å². The lowest BCUT2D eigenvalue weighted by molar-refractivity contribution is -0.0191. The first-order valence-corrected chi connectivity index (χ1v) is 11.1. The Morgan fingerprint density at radius 1 is 1.19 bits per heavy atom. The van der Waals surface area contributed by atoms with E-state index >= 15 is 0 Å². The topological polar surface area (TPSA) is 75.2 Å². The molecule has 2 amide bonds. The van der Waals surface area contributed by atoms with Crippen molar-refractivity contribution in [3.8, 4) is 0 Å². The van der Waals surface area contributed by atoms with Gasteiger partial charge >= 0.3 is 0 Å². The number of pyridine rings is 2. The molecule has 7 heteroatoms. The van der Waals surface area contributed by atoms with Crippen LogP contribution in [0.15, 0.2) is 36.7 Å². The number of fused-ring (bicyclic) bond motifs is 2. The molecule has 0 radical (unpaired) electrons. The van der Waals surface area contributed by atoms with E-state index in [-0.39, 0.29) is 28.6 Å². The highest BCUT2D eigenvalue weighted by atomic mass is 19.1. The van der Waals surface area contributed by atoms with Crippen molar-refractivity contribution >= 4 is 11.8 Å². The van der Waals surface area contributed by atoms with Gasteiger partial charge in [0.15, 0.2) is 0 Å². The smallest absolute Gasteiger partial charge is 0.270 e. The molecule has 3 heterocycles. The van der Waals surface area contributed by atoms with E-state index in [1.54, 1.807) is 6.20 Å². The van der Waals surface area contributed by atoms with Crippen LogP contribution in [0.3, 0.4) is 0 Å². The molecule has 31 heavy (non-hydrogen) atoms. The summed E-state index contributed by atoms with van der Waals surface area (Å²) in [7, 11) is 0. The third-order valence-corrected chi connectivity index (χ3v) is 8.22. The van der Waals surface area contributed by atoms with Gasteiger partial charge in [-0.1, -0.05) is 0 Å². The second-order valence-corrected chi connectivity index (χ2v) is 10.1. The summed E-state index contributed by atoms with van der Waals surface area (Å²) < 4.78 is 13.1. The molecular formula is C24H25FN4O2. The number of aromatic nitrogens is 2. The molecule has 6 rings (SSSR count). The maximum Gasteiger partial charge on any atom is 0.270 e. The fraction of sp³-hybridized carbons (Fsp3) is 0.500. The lowest BCUT2D eigenvalue weighted by atomic mass is 9.57. The molecule has 0 saturated heterocycles. The number of hydrogen-bond donors (Lipinski definition) is 1. The van der Waals surface area contributed by atoms with E-state index in [2.05, 4.69) is 22.2 Å². The number of halogens is 1. The minimum Gasteiger partial charge on any atom is -0.345 e. The molecule has 2 bridgehead atoms. The molecule has 2 aromatic rings. The second-order valence-electron chi connectivity index (χ2n) is 10.1. The van der Waals surface area contributed by atoms with Gasteiger partial charge in [0.05, 0.1) is 24.0 Å². The number of rotatable bonds is 3. The lowest BCUT2D eigenvalue weighted by Crippen LogP contribution is -2.64. The van der Waals surface area contributed by atoms with Crippen LogP contribution in [0.2, 0.25) is 0 Å². The molecule has 3 aliphatic carbocycles. The summed E-state index contributed by atoms with van der Waals surface area (Å²) in [4.78, 5) is 36.3. The summed E-state index contributed by atoms with van der Waals surface area (Å²) >= 11 is 0.